The molecular formula is C16H17ClF3N3. The van der Waals surface area contributed by atoms with Gasteiger partial charge in [0.15, 0.2) is 0 Å². The van der Waals surface area contributed by atoms with E-state index < -0.39 is 11.7 Å². The number of likely N-dealkylation sites (N-methyl/N-ethyl adjacent to an activating group) is 1. The lowest BCUT2D eigenvalue weighted by Gasteiger charge is -2.25. The predicted octanol–water partition coefficient (Wildman–Crippen LogP) is 4.47. The molecule has 1 heterocycles. The molecule has 0 saturated carbocycles. The van der Waals surface area contributed by atoms with Crippen LogP contribution in [0.3, 0.4) is 0 Å². The van der Waals surface area contributed by atoms with Gasteiger partial charge in [-0.1, -0.05) is 41.9 Å². The lowest BCUT2D eigenvalue weighted by molar-refractivity contribution is -0.137. The zero-order chi connectivity index (χ0) is 17.0. The normalized spacial score (nSPS) is 13.2. The number of anilines is 1. The van der Waals surface area contributed by atoms with Crippen molar-refractivity contribution in [1.29, 1.82) is 0 Å². The van der Waals surface area contributed by atoms with Crippen molar-refractivity contribution in [2.45, 2.75) is 12.2 Å². The molecule has 0 aliphatic heterocycles. The molecule has 0 unspecified atom stereocenters. The van der Waals surface area contributed by atoms with Crippen LogP contribution in [0.1, 0.15) is 17.2 Å². The Morgan fingerprint density at radius 2 is 1.87 bits per heavy atom. The van der Waals surface area contributed by atoms with Crippen LogP contribution in [0.2, 0.25) is 5.02 Å². The highest BCUT2D eigenvalue weighted by Crippen LogP contribution is 2.32. The molecular weight excluding hydrogens is 327 g/mol. The molecule has 1 aromatic carbocycles. The van der Waals surface area contributed by atoms with E-state index in [1.54, 1.807) is 0 Å². The minimum absolute atomic E-state index is 0.0383. The number of pyridine rings is 1. The molecule has 0 radical (unpaired) electrons. The Hall–Kier alpha value is -1.79. The molecule has 0 amide bonds. The fraction of sp³-hybridized carbons (Fsp3) is 0.312. The van der Waals surface area contributed by atoms with Gasteiger partial charge in [0.25, 0.3) is 0 Å². The summed E-state index contributed by atoms with van der Waals surface area (Å²) in [7, 11) is 3.86. The molecule has 23 heavy (non-hydrogen) atoms. The Labute approximate surface area is 138 Å². The molecule has 1 N–H and O–H groups in total. The van der Waals surface area contributed by atoms with Gasteiger partial charge in [-0.05, 0) is 25.7 Å². The third-order valence-electron chi connectivity index (χ3n) is 3.44. The summed E-state index contributed by atoms with van der Waals surface area (Å²) in [6, 6.07) is 10.7. The second-order valence-corrected chi connectivity index (χ2v) is 5.73. The average Bonchev–Trinajstić information content (AvgIpc) is 2.48. The van der Waals surface area contributed by atoms with E-state index in [0.717, 1.165) is 17.8 Å². The van der Waals surface area contributed by atoms with Gasteiger partial charge in [-0.25, -0.2) is 4.98 Å². The van der Waals surface area contributed by atoms with Gasteiger partial charge < -0.3 is 10.2 Å². The van der Waals surface area contributed by atoms with Gasteiger partial charge in [-0.15, -0.1) is 0 Å². The van der Waals surface area contributed by atoms with Crippen LogP contribution in [-0.2, 0) is 6.18 Å². The van der Waals surface area contributed by atoms with Crippen molar-refractivity contribution in [3.05, 3.63) is 58.7 Å². The van der Waals surface area contributed by atoms with Gasteiger partial charge in [0.2, 0.25) is 0 Å². The van der Waals surface area contributed by atoms with Gasteiger partial charge >= 0.3 is 6.18 Å². The predicted molar refractivity (Wildman–Crippen MR) is 85.6 cm³/mol. The van der Waals surface area contributed by atoms with Crippen molar-refractivity contribution in [2.75, 3.05) is 26.0 Å². The molecule has 0 saturated heterocycles. The minimum atomic E-state index is -4.45. The van der Waals surface area contributed by atoms with Gasteiger partial charge in [0, 0.05) is 12.7 Å². The third kappa shape index (κ3) is 4.59. The Morgan fingerprint density at radius 1 is 1.22 bits per heavy atom. The van der Waals surface area contributed by atoms with Gasteiger partial charge in [-0.2, -0.15) is 13.2 Å². The van der Waals surface area contributed by atoms with Crippen molar-refractivity contribution in [2.24, 2.45) is 0 Å². The van der Waals surface area contributed by atoms with E-state index in [-0.39, 0.29) is 16.9 Å². The van der Waals surface area contributed by atoms with E-state index in [4.69, 9.17) is 11.6 Å². The Morgan fingerprint density at radius 3 is 2.39 bits per heavy atom. The highest BCUT2D eigenvalue weighted by molar-refractivity contribution is 6.32. The first kappa shape index (κ1) is 17.6. The molecule has 0 fully saturated rings. The smallest absolute Gasteiger partial charge is 0.367 e. The van der Waals surface area contributed by atoms with Crippen LogP contribution in [0.4, 0.5) is 19.0 Å². The van der Waals surface area contributed by atoms with Gasteiger partial charge in [-0.3, -0.25) is 0 Å². The summed E-state index contributed by atoms with van der Waals surface area (Å²) in [5.41, 5.74) is 0.230. The van der Waals surface area contributed by atoms with Crippen molar-refractivity contribution < 1.29 is 13.2 Å². The molecule has 2 rings (SSSR count). The molecule has 1 atom stereocenters. The zero-order valence-corrected chi connectivity index (χ0v) is 13.5. The topological polar surface area (TPSA) is 28.2 Å². The van der Waals surface area contributed by atoms with Crippen molar-refractivity contribution >= 4 is 17.4 Å². The quantitative estimate of drug-likeness (QED) is 0.868. The van der Waals surface area contributed by atoms with Crippen LogP contribution >= 0.6 is 11.6 Å². The summed E-state index contributed by atoms with van der Waals surface area (Å²) in [4.78, 5) is 5.80. The van der Waals surface area contributed by atoms with E-state index in [1.807, 2.05) is 49.3 Å². The number of hydrogen-bond acceptors (Lipinski definition) is 3. The summed E-state index contributed by atoms with van der Waals surface area (Å²) < 4.78 is 37.8. The highest BCUT2D eigenvalue weighted by atomic mass is 35.5. The summed E-state index contributed by atoms with van der Waals surface area (Å²) >= 11 is 5.91. The molecule has 1 aromatic heterocycles. The number of nitrogens with one attached hydrogen (secondary N) is 1. The van der Waals surface area contributed by atoms with Crippen molar-refractivity contribution in [3.8, 4) is 0 Å². The molecule has 7 heteroatoms. The number of aromatic nitrogens is 1. The fourth-order valence-electron chi connectivity index (χ4n) is 2.19. The Bertz CT molecular complexity index is 645. The molecule has 0 aliphatic rings. The Balaban J connectivity index is 2.13. The number of nitrogens with zero attached hydrogens (tertiary/aromatic N) is 2. The van der Waals surface area contributed by atoms with Crippen LogP contribution < -0.4 is 5.32 Å². The first-order valence-corrected chi connectivity index (χ1v) is 7.35. The van der Waals surface area contributed by atoms with Crippen LogP contribution in [0.5, 0.6) is 0 Å². The lowest BCUT2D eigenvalue weighted by atomic mass is 10.1. The van der Waals surface area contributed by atoms with Crippen molar-refractivity contribution in [1.82, 2.24) is 9.88 Å². The first-order valence-electron chi connectivity index (χ1n) is 6.97. The standard InChI is InChI=1S/C16H17ClF3N3/c1-23(2)14(11-6-4-3-5-7-11)10-22-15-13(17)8-12(9-21-15)16(18,19)20/h3-9,14H,10H2,1-2H3,(H,21,22)/t14-/m0/s1. The van der Waals surface area contributed by atoms with Crippen LogP contribution in [0.25, 0.3) is 0 Å². The molecule has 0 spiro atoms. The summed E-state index contributed by atoms with van der Waals surface area (Å²) in [5, 5.41) is 2.97. The molecule has 0 aliphatic carbocycles. The average molecular weight is 344 g/mol. The number of rotatable bonds is 5. The second kappa shape index (κ2) is 7.19. The summed E-state index contributed by atoms with van der Waals surface area (Å²) in [5.74, 6) is 0.238. The van der Waals surface area contributed by atoms with Crippen molar-refractivity contribution in [3.63, 3.8) is 0 Å². The number of halogens is 4. The van der Waals surface area contributed by atoms with Crippen LogP contribution in [0, 0.1) is 0 Å². The maximum atomic E-state index is 12.6. The maximum absolute atomic E-state index is 12.6. The number of hydrogen-bond donors (Lipinski definition) is 1. The van der Waals surface area contributed by atoms with E-state index >= 15 is 0 Å². The third-order valence-corrected chi connectivity index (χ3v) is 3.73. The zero-order valence-electron chi connectivity index (χ0n) is 12.7. The summed E-state index contributed by atoms with van der Waals surface area (Å²) in [6.07, 6.45) is -3.67. The Kier molecular flexibility index (Phi) is 5.49. The number of benzene rings is 1. The second-order valence-electron chi connectivity index (χ2n) is 5.32. The molecule has 2 aromatic rings. The molecule has 3 nitrogen and oxygen atoms in total. The fourth-order valence-corrected chi connectivity index (χ4v) is 2.42. The van der Waals surface area contributed by atoms with Crippen LogP contribution in [-0.4, -0.2) is 30.5 Å². The SMILES string of the molecule is CN(C)[C@@H](CNc1ncc(C(F)(F)F)cc1Cl)c1ccccc1. The summed E-state index contributed by atoms with van der Waals surface area (Å²) in [6.45, 7) is 0.467. The van der Waals surface area contributed by atoms with E-state index in [2.05, 4.69) is 10.3 Å². The van der Waals surface area contributed by atoms with E-state index in [0.29, 0.717) is 6.54 Å². The van der Waals surface area contributed by atoms with Gasteiger partial charge in [0.05, 0.1) is 16.6 Å². The maximum Gasteiger partial charge on any atom is 0.417 e. The van der Waals surface area contributed by atoms with E-state index in [9.17, 15) is 13.2 Å². The molecule has 0 bridgehead atoms. The first-order chi connectivity index (χ1) is 10.8. The van der Waals surface area contributed by atoms with Gasteiger partial charge in [0.1, 0.15) is 5.82 Å². The highest BCUT2D eigenvalue weighted by Gasteiger charge is 2.31. The minimum Gasteiger partial charge on any atom is -0.367 e. The monoisotopic (exact) mass is 343 g/mol. The largest absolute Gasteiger partial charge is 0.417 e. The number of alkyl halides is 3. The van der Waals surface area contributed by atoms with E-state index in [1.165, 1.54) is 0 Å². The lowest BCUT2D eigenvalue weighted by Crippen LogP contribution is -2.27. The molecule has 124 valence electrons. The van der Waals surface area contributed by atoms with Crippen LogP contribution in [0.15, 0.2) is 42.6 Å².